The fourth-order valence-corrected chi connectivity index (χ4v) is 5.70. The molecule has 3 aliphatic heterocycles. The molecule has 4 heterocycles. The summed E-state index contributed by atoms with van der Waals surface area (Å²) in [5, 5.41) is 0.777. The first-order chi connectivity index (χ1) is 13.7. The van der Waals surface area contributed by atoms with Crippen molar-refractivity contribution in [3.63, 3.8) is 0 Å². The molecule has 3 fully saturated rings. The molecule has 2 bridgehead atoms. The van der Waals surface area contributed by atoms with Crippen molar-refractivity contribution >= 4 is 35.4 Å². The molecular weight excluding hydrogens is 402 g/mol. The fourth-order valence-electron chi connectivity index (χ4n) is 4.15. The molecule has 28 heavy (non-hydrogen) atoms. The highest BCUT2D eigenvalue weighted by atomic mass is 32.2. The van der Waals surface area contributed by atoms with Crippen molar-refractivity contribution < 1.29 is 23.8 Å². The van der Waals surface area contributed by atoms with Crippen LogP contribution in [0.4, 0.5) is 0 Å². The number of para-hydroxylation sites is 1. The van der Waals surface area contributed by atoms with Crippen molar-refractivity contribution in [2.75, 3.05) is 25.4 Å². The Hall–Kier alpha value is -2.17. The number of benzene rings is 1. The third-order valence-corrected chi connectivity index (χ3v) is 6.89. The lowest BCUT2D eigenvalue weighted by Crippen LogP contribution is -2.50. The molecule has 1 aromatic carbocycles. The molecule has 3 unspecified atom stereocenters. The number of ether oxygens (including phenoxy) is 3. The fraction of sp³-hybridized carbons (Fsp3) is 0.444. The molecule has 3 aliphatic rings. The van der Waals surface area contributed by atoms with Gasteiger partial charge in [0.1, 0.15) is 22.4 Å². The Balaban J connectivity index is 1.31. The van der Waals surface area contributed by atoms with Gasteiger partial charge >= 0.3 is 17.8 Å². The summed E-state index contributed by atoms with van der Waals surface area (Å²) < 4.78 is 25.5. The van der Waals surface area contributed by atoms with Gasteiger partial charge in [-0.1, -0.05) is 30.0 Å². The highest BCUT2D eigenvalue weighted by Crippen LogP contribution is 2.55. The predicted octanol–water partition coefficient (Wildman–Crippen LogP) is 1.88. The van der Waals surface area contributed by atoms with Crippen LogP contribution in [0.25, 0.3) is 0 Å². The van der Waals surface area contributed by atoms with Gasteiger partial charge in [0, 0.05) is 18.8 Å². The van der Waals surface area contributed by atoms with Crippen LogP contribution in [0.1, 0.15) is 18.0 Å². The first-order valence-corrected chi connectivity index (χ1v) is 10.7. The average Bonchev–Trinajstić information content (AvgIpc) is 3.46. The zero-order valence-corrected chi connectivity index (χ0v) is 16.4. The molecule has 10 heteroatoms. The second kappa shape index (κ2) is 7.02. The standard InChI is InChI=1S/C18H17N3O5S2/c22-16-17(23)26-18(25-16)13(11-6-7-21(18)10-11)14-15(20-28-19-14)27-9-8-24-12-4-2-1-3-5-12/h1-5,11,13H,6-10H2. The van der Waals surface area contributed by atoms with E-state index in [9.17, 15) is 9.59 Å². The van der Waals surface area contributed by atoms with Crippen LogP contribution in [0, 0.1) is 5.92 Å². The molecule has 8 nitrogen and oxygen atoms in total. The molecule has 0 N–H and O–H groups in total. The topological polar surface area (TPSA) is 90.9 Å². The van der Waals surface area contributed by atoms with E-state index < -0.39 is 17.8 Å². The van der Waals surface area contributed by atoms with Gasteiger partial charge in [0.25, 0.3) is 0 Å². The third-order valence-electron chi connectivity index (χ3n) is 5.29. The molecule has 3 saturated heterocycles. The van der Waals surface area contributed by atoms with Gasteiger partial charge in [-0.05, 0) is 24.5 Å². The molecule has 0 amide bonds. The van der Waals surface area contributed by atoms with E-state index in [1.807, 2.05) is 35.2 Å². The Morgan fingerprint density at radius 3 is 2.79 bits per heavy atom. The van der Waals surface area contributed by atoms with E-state index in [1.165, 1.54) is 0 Å². The van der Waals surface area contributed by atoms with Crippen molar-refractivity contribution in [3.05, 3.63) is 36.0 Å². The highest BCUT2D eigenvalue weighted by Gasteiger charge is 2.68. The van der Waals surface area contributed by atoms with Gasteiger partial charge in [0.2, 0.25) is 0 Å². The van der Waals surface area contributed by atoms with Gasteiger partial charge in [-0.25, -0.2) is 14.5 Å². The largest absolute Gasteiger partial charge is 0.493 e. The Bertz CT molecular complexity index is 890. The Kier molecular flexibility index (Phi) is 4.48. The molecule has 2 aromatic rings. The summed E-state index contributed by atoms with van der Waals surface area (Å²) in [6.07, 6.45) is 0.945. The molecule has 0 radical (unpaired) electrons. The Labute approximate surface area is 169 Å². The van der Waals surface area contributed by atoms with Gasteiger partial charge in [0.15, 0.2) is 0 Å². The number of rotatable bonds is 6. The number of thioether (sulfide) groups is 1. The zero-order valence-electron chi connectivity index (χ0n) is 14.8. The Morgan fingerprint density at radius 1 is 1.21 bits per heavy atom. The summed E-state index contributed by atoms with van der Waals surface area (Å²) in [6, 6.07) is 9.63. The molecule has 1 aromatic heterocycles. The molecule has 1 spiro atoms. The van der Waals surface area contributed by atoms with E-state index in [0.717, 1.165) is 41.2 Å². The third kappa shape index (κ3) is 2.87. The Morgan fingerprint density at radius 2 is 2.00 bits per heavy atom. The number of esters is 2. The summed E-state index contributed by atoms with van der Waals surface area (Å²) >= 11 is 2.66. The predicted molar refractivity (Wildman–Crippen MR) is 99.9 cm³/mol. The highest BCUT2D eigenvalue weighted by molar-refractivity contribution is 7.99. The van der Waals surface area contributed by atoms with Gasteiger partial charge in [-0.2, -0.15) is 8.75 Å². The minimum absolute atomic E-state index is 0.211. The van der Waals surface area contributed by atoms with Crippen LogP contribution in [-0.4, -0.2) is 56.9 Å². The summed E-state index contributed by atoms with van der Waals surface area (Å²) in [4.78, 5) is 25.5. The molecule has 5 rings (SSSR count). The van der Waals surface area contributed by atoms with Crippen molar-refractivity contribution in [2.45, 2.75) is 23.3 Å². The van der Waals surface area contributed by atoms with Crippen LogP contribution < -0.4 is 4.74 Å². The number of carbonyl (C=O) groups is 2. The number of carbonyl (C=O) groups excluding carboxylic acids is 2. The lowest BCUT2D eigenvalue weighted by Gasteiger charge is -2.37. The number of aromatic nitrogens is 2. The van der Waals surface area contributed by atoms with E-state index in [1.54, 1.807) is 11.8 Å². The maximum absolute atomic E-state index is 11.8. The SMILES string of the molecule is O=C1OC2(OC1=O)C(c1nsnc1SCCOc1ccccc1)C1CCN2C1. The number of fused-ring (bicyclic) bond motifs is 3. The zero-order chi connectivity index (χ0) is 19.1. The van der Waals surface area contributed by atoms with Crippen molar-refractivity contribution in [3.8, 4) is 5.75 Å². The monoisotopic (exact) mass is 419 g/mol. The van der Waals surface area contributed by atoms with E-state index in [-0.39, 0.29) is 11.8 Å². The summed E-state index contributed by atoms with van der Waals surface area (Å²) in [5.41, 5.74) is 0.740. The quantitative estimate of drug-likeness (QED) is 0.301. The van der Waals surface area contributed by atoms with Crippen molar-refractivity contribution in [1.29, 1.82) is 0 Å². The van der Waals surface area contributed by atoms with Crippen LogP contribution in [0.2, 0.25) is 0 Å². The maximum Gasteiger partial charge on any atom is 0.421 e. The van der Waals surface area contributed by atoms with E-state index in [4.69, 9.17) is 14.2 Å². The minimum atomic E-state index is -1.36. The smallest absolute Gasteiger partial charge is 0.421 e. The van der Waals surface area contributed by atoms with E-state index in [2.05, 4.69) is 8.75 Å². The maximum atomic E-state index is 11.8. The lowest BCUT2D eigenvalue weighted by molar-refractivity contribution is -0.249. The summed E-state index contributed by atoms with van der Waals surface area (Å²) in [5.74, 6) is -1.82. The summed E-state index contributed by atoms with van der Waals surface area (Å²) in [6.45, 7) is 1.97. The lowest BCUT2D eigenvalue weighted by atomic mass is 9.87. The molecule has 146 valence electrons. The van der Waals surface area contributed by atoms with Gasteiger partial charge in [-0.3, -0.25) is 0 Å². The van der Waals surface area contributed by atoms with Crippen molar-refractivity contribution in [2.24, 2.45) is 5.92 Å². The van der Waals surface area contributed by atoms with Crippen molar-refractivity contribution in [1.82, 2.24) is 13.6 Å². The average molecular weight is 419 g/mol. The van der Waals surface area contributed by atoms with Crippen LogP contribution in [0.15, 0.2) is 35.4 Å². The molecule has 0 aliphatic carbocycles. The van der Waals surface area contributed by atoms with Crippen LogP contribution in [0.5, 0.6) is 5.75 Å². The first-order valence-electron chi connectivity index (χ1n) is 9.02. The first kappa shape index (κ1) is 17.9. The van der Waals surface area contributed by atoms with Gasteiger partial charge in [-0.15, -0.1) is 0 Å². The van der Waals surface area contributed by atoms with E-state index >= 15 is 0 Å². The number of hydrogen-bond acceptors (Lipinski definition) is 10. The molecule has 0 saturated carbocycles. The van der Waals surface area contributed by atoms with Crippen LogP contribution in [-0.2, 0) is 19.1 Å². The number of nitrogens with zero attached hydrogens (tertiary/aromatic N) is 3. The molecule has 3 atom stereocenters. The van der Waals surface area contributed by atoms with Gasteiger partial charge < -0.3 is 14.2 Å². The van der Waals surface area contributed by atoms with Crippen LogP contribution in [0.3, 0.4) is 0 Å². The van der Waals surface area contributed by atoms with Gasteiger partial charge in [0.05, 0.1) is 18.3 Å². The molecular formula is C18H17N3O5S2. The van der Waals surface area contributed by atoms with E-state index in [0.29, 0.717) is 18.9 Å². The second-order valence-electron chi connectivity index (χ2n) is 6.85. The number of hydrogen-bond donors (Lipinski definition) is 0. The second-order valence-corrected chi connectivity index (χ2v) is 8.46. The minimum Gasteiger partial charge on any atom is -0.493 e. The van der Waals surface area contributed by atoms with Crippen LogP contribution >= 0.6 is 23.5 Å². The number of piperidine rings is 1. The summed E-state index contributed by atoms with van der Waals surface area (Å²) in [7, 11) is 0. The normalized spacial score (nSPS) is 27.2.